The van der Waals surface area contributed by atoms with Gasteiger partial charge in [-0.2, -0.15) is 0 Å². The lowest BCUT2D eigenvalue weighted by atomic mass is 10.2. The van der Waals surface area contributed by atoms with Crippen molar-refractivity contribution in [1.29, 1.82) is 0 Å². The summed E-state index contributed by atoms with van der Waals surface area (Å²) in [6, 6.07) is 7.83. The Balaban J connectivity index is 2.83. The first-order valence-corrected chi connectivity index (χ1v) is 3.72. The number of aromatic nitrogens is 2. The number of nitrogens with zero attached hydrogens (tertiary/aromatic N) is 2. The van der Waals surface area contributed by atoms with Crippen molar-refractivity contribution >= 4 is 23.5 Å². The maximum atomic E-state index is 4.13. The zero-order valence-electron chi connectivity index (χ0n) is 5.73. The van der Waals surface area contributed by atoms with Gasteiger partial charge in [-0.1, -0.05) is 18.2 Å². The molecule has 0 radical (unpaired) electrons. The lowest BCUT2D eigenvalue weighted by molar-refractivity contribution is 1.01. The van der Waals surface area contributed by atoms with Crippen molar-refractivity contribution in [1.82, 2.24) is 9.97 Å². The molecule has 2 aromatic rings. The number of benzene rings is 1. The van der Waals surface area contributed by atoms with Crippen LogP contribution in [0.3, 0.4) is 0 Å². The number of para-hydroxylation sites is 1. The number of hydrogen-bond donors (Lipinski definition) is 1. The number of rotatable bonds is 0. The van der Waals surface area contributed by atoms with Gasteiger partial charge in [-0.25, -0.2) is 9.97 Å². The van der Waals surface area contributed by atoms with Gasteiger partial charge in [0.15, 0.2) is 5.16 Å². The van der Waals surface area contributed by atoms with E-state index in [0.717, 1.165) is 10.9 Å². The third-order valence-corrected chi connectivity index (χ3v) is 1.69. The van der Waals surface area contributed by atoms with E-state index in [1.54, 1.807) is 6.20 Å². The Morgan fingerprint density at radius 3 is 2.91 bits per heavy atom. The van der Waals surface area contributed by atoms with Crippen LogP contribution in [-0.2, 0) is 0 Å². The summed E-state index contributed by atoms with van der Waals surface area (Å²) in [6.07, 6.45) is 1.77. The highest BCUT2D eigenvalue weighted by atomic mass is 32.1. The van der Waals surface area contributed by atoms with Crippen molar-refractivity contribution in [3.8, 4) is 0 Å². The zero-order valence-corrected chi connectivity index (χ0v) is 6.62. The summed E-state index contributed by atoms with van der Waals surface area (Å²) in [6.45, 7) is 0. The van der Waals surface area contributed by atoms with E-state index in [2.05, 4.69) is 22.6 Å². The zero-order chi connectivity index (χ0) is 7.68. The summed E-state index contributed by atoms with van der Waals surface area (Å²) in [4.78, 5) is 8.09. The molecule has 0 atom stereocenters. The first kappa shape index (κ1) is 6.61. The molecule has 2 nitrogen and oxygen atoms in total. The predicted molar refractivity (Wildman–Crippen MR) is 46.8 cm³/mol. The molecular formula is C8H6N2S. The third-order valence-electron chi connectivity index (χ3n) is 1.48. The second kappa shape index (κ2) is 2.51. The quantitative estimate of drug-likeness (QED) is 0.473. The smallest absolute Gasteiger partial charge is 0.184 e. The number of hydrogen-bond acceptors (Lipinski definition) is 3. The second-order valence-corrected chi connectivity index (χ2v) is 2.63. The SMILES string of the molecule is Sc1ncc2ccccc2n1. The van der Waals surface area contributed by atoms with Gasteiger partial charge in [0.2, 0.25) is 0 Å². The van der Waals surface area contributed by atoms with E-state index < -0.39 is 0 Å². The molecule has 0 N–H and O–H groups in total. The Bertz CT molecular complexity index is 387. The molecule has 54 valence electrons. The molecule has 0 aliphatic carbocycles. The first-order valence-electron chi connectivity index (χ1n) is 3.27. The standard InChI is InChI=1S/C8H6N2S/c11-8-9-5-6-3-1-2-4-7(6)10-8/h1-5H,(H,9,10,11). The van der Waals surface area contributed by atoms with Crippen molar-refractivity contribution in [3.63, 3.8) is 0 Å². The summed E-state index contributed by atoms with van der Waals surface area (Å²) in [5.74, 6) is 0. The van der Waals surface area contributed by atoms with E-state index in [0.29, 0.717) is 5.16 Å². The molecule has 11 heavy (non-hydrogen) atoms. The molecule has 0 unspecified atom stereocenters. The van der Waals surface area contributed by atoms with E-state index in [-0.39, 0.29) is 0 Å². The number of thiol groups is 1. The topological polar surface area (TPSA) is 25.8 Å². The van der Waals surface area contributed by atoms with E-state index in [1.807, 2.05) is 24.3 Å². The van der Waals surface area contributed by atoms with Crippen LogP contribution in [0.25, 0.3) is 10.9 Å². The normalized spacial score (nSPS) is 10.3. The van der Waals surface area contributed by atoms with Crippen molar-refractivity contribution in [2.45, 2.75) is 5.16 Å². The predicted octanol–water partition coefficient (Wildman–Crippen LogP) is 1.92. The van der Waals surface area contributed by atoms with Gasteiger partial charge in [0.1, 0.15) is 0 Å². The van der Waals surface area contributed by atoms with Gasteiger partial charge in [0.05, 0.1) is 5.52 Å². The van der Waals surface area contributed by atoms with Crippen LogP contribution in [0.1, 0.15) is 0 Å². The minimum absolute atomic E-state index is 0.517. The summed E-state index contributed by atoms with van der Waals surface area (Å²) < 4.78 is 0. The Kier molecular flexibility index (Phi) is 1.51. The molecule has 0 aliphatic heterocycles. The van der Waals surface area contributed by atoms with Gasteiger partial charge in [-0.3, -0.25) is 0 Å². The molecule has 1 heterocycles. The monoisotopic (exact) mass is 162 g/mol. The van der Waals surface area contributed by atoms with Crippen LogP contribution in [0.5, 0.6) is 0 Å². The van der Waals surface area contributed by atoms with Crippen LogP contribution in [0.15, 0.2) is 35.6 Å². The maximum absolute atomic E-state index is 4.13. The Morgan fingerprint density at radius 1 is 1.18 bits per heavy atom. The average molecular weight is 162 g/mol. The highest BCUT2D eigenvalue weighted by molar-refractivity contribution is 7.80. The third kappa shape index (κ3) is 1.19. The largest absolute Gasteiger partial charge is 0.231 e. The lowest BCUT2D eigenvalue weighted by Gasteiger charge is -1.94. The summed E-state index contributed by atoms with van der Waals surface area (Å²) in [5, 5.41) is 1.56. The molecule has 3 heteroatoms. The summed E-state index contributed by atoms with van der Waals surface area (Å²) in [7, 11) is 0. The van der Waals surface area contributed by atoms with Gasteiger partial charge in [-0.15, -0.1) is 12.6 Å². The Morgan fingerprint density at radius 2 is 2.00 bits per heavy atom. The van der Waals surface area contributed by atoms with Crippen molar-refractivity contribution in [3.05, 3.63) is 30.5 Å². The highest BCUT2D eigenvalue weighted by Gasteiger charge is 1.92. The summed E-state index contributed by atoms with van der Waals surface area (Å²) in [5.41, 5.74) is 0.938. The molecule has 0 amide bonds. The highest BCUT2D eigenvalue weighted by Crippen LogP contribution is 2.10. The van der Waals surface area contributed by atoms with Crippen LogP contribution in [0.2, 0.25) is 0 Å². The Labute approximate surface area is 69.7 Å². The molecule has 0 bridgehead atoms. The fourth-order valence-corrected chi connectivity index (χ4v) is 1.13. The van der Waals surface area contributed by atoms with Gasteiger partial charge >= 0.3 is 0 Å². The molecular weight excluding hydrogens is 156 g/mol. The van der Waals surface area contributed by atoms with E-state index >= 15 is 0 Å². The van der Waals surface area contributed by atoms with Crippen LogP contribution in [-0.4, -0.2) is 9.97 Å². The lowest BCUT2D eigenvalue weighted by Crippen LogP contribution is -1.82. The second-order valence-electron chi connectivity index (χ2n) is 2.23. The molecule has 0 saturated carbocycles. The van der Waals surface area contributed by atoms with Gasteiger partial charge in [0, 0.05) is 11.6 Å². The van der Waals surface area contributed by atoms with E-state index in [9.17, 15) is 0 Å². The number of fused-ring (bicyclic) bond motifs is 1. The minimum atomic E-state index is 0.517. The van der Waals surface area contributed by atoms with Crippen molar-refractivity contribution in [2.75, 3.05) is 0 Å². The van der Waals surface area contributed by atoms with Crippen molar-refractivity contribution in [2.24, 2.45) is 0 Å². The molecule has 2 rings (SSSR count). The fraction of sp³-hybridized carbons (Fsp3) is 0. The molecule has 0 spiro atoms. The van der Waals surface area contributed by atoms with E-state index in [4.69, 9.17) is 0 Å². The van der Waals surface area contributed by atoms with Crippen LogP contribution in [0.4, 0.5) is 0 Å². The van der Waals surface area contributed by atoms with E-state index in [1.165, 1.54) is 0 Å². The first-order chi connectivity index (χ1) is 5.36. The van der Waals surface area contributed by atoms with Crippen LogP contribution >= 0.6 is 12.6 Å². The van der Waals surface area contributed by atoms with Gasteiger partial charge in [0.25, 0.3) is 0 Å². The Hall–Kier alpha value is -1.09. The van der Waals surface area contributed by atoms with Crippen molar-refractivity contribution < 1.29 is 0 Å². The molecule has 1 aromatic carbocycles. The average Bonchev–Trinajstić information content (AvgIpc) is 2.04. The van der Waals surface area contributed by atoms with Crippen LogP contribution < -0.4 is 0 Å². The van der Waals surface area contributed by atoms with Gasteiger partial charge in [-0.05, 0) is 6.07 Å². The maximum Gasteiger partial charge on any atom is 0.184 e. The molecule has 0 aliphatic rings. The minimum Gasteiger partial charge on any atom is -0.231 e. The van der Waals surface area contributed by atoms with Crippen LogP contribution in [0, 0.1) is 0 Å². The molecule has 1 aromatic heterocycles. The van der Waals surface area contributed by atoms with Gasteiger partial charge < -0.3 is 0 Å². The molecule has 0 fully saturated rings. The fourth-order valence-electron chi connectivity index (χ4n) is 0.962. The summed E-state index contributed by atoms with van der Waals surface area (Å²) >= 11 is 4.04. The molecule has 0 saturated heterocycles.